The van der Waals surface area contributed by atoms with Gasteiger partial charge in [-0.1, -0.05) is 0 Å². The first-order valence-corrected chi connectivity index (χ1v) is 2.71. The summed E-state index contributed by atoms with van der Waals surface area (Å²) in [7, 11) is 0. The molecule has 0 aromatic rings. The van der Waals surface area contributed by atoms with Crippen LogP contribution in [0.3, 0.4) is 0 Å². The molecule has 0 aromatic carbocycles. The number of thiol groups is 2. The quantitative estimate of drug-likeness (QED) is 0.484. The molecule has 0 fully saturated rings. The molecular weight excluding hydrogens is 100 g/mol. The summed E-state index contributed by atoms with van der Waals surface area (Å²) >= 11 is 7.79. The molecule has 0 nitrogen and oxygen atoms in total. The molecule has 0 aliphatic carbocycles. The van der Waals surface area contributed by atoms with Crippen molar-refractivity contribution in [1.82, 2.24) is 0 Å². The zero-order valence-electron chi connectivity index (χ0n) is 2.89. The average molecular weight is 107 g/mol. The summed E-state index contributed by atoms with van der Waals surface area (Å²) in [6, 6.07) is 0. The Hall–Kier alpha value is 0.700. The van der Waals surface area contributed by atoms with E-state index in [0.717, 1.165) is 11.5 Å². The number of rotatable bonds is 2. The van der Waals surface area contributed by atoms with Gasteiger partial charge in [0, 0.05) is 0 Å². The van der Waals surface area contributed by atoms with Crippen LogP contribution in [0.15, 0.2) is 0 Å². The molecule has 0 bridgehead atoms. The molecule has 0 rings (SSSR count). The maximum Gasteiger partial charge on any atom is -0.00585 e. The average Bonchev–Trinajstić information content (AvgIpc) is 1.41. The smallest absolute Gasteiger partial charge is 0.00585 e. The van der Waals surface area contributed by atoms with E-state index in [1.807, 2.05) is 6.42 Å². The molecule has 0 amide bonds. The van der Waals surface area contributed by atoms with Crippen LogP contribution in [0, 0.1) is 6.42 Å². The zero-order chi connectivity index (χ0) is 4.12. The van der Waals surface area contributed by atoms with E-state index in [0.29, 0.717) is 0 Å². The van der Waals surface area contributed by atoms with E-state index in [1.165, 1.54) is 0 Å². The Morgan fingerprint density at radius 3 is 1.60 bits per heavy atom. The van der Waals surface area contributed by atoms with Gasteiger partial charge in [0.1, 0.15) is 0 Å². The van der Waals surface area contributed by atoms with Crippen molar-refractivity contribution in [3.63, 3.8) is 0 Å². The van der Waals surface area contributed by atoms with Gasteiger partial charge in [-0.2, -0.15) is 25.3 Å². The minimum Gasteiger partial charge on any atom is -0.179 e. The van der Waals surface area contributed by atoms with Crippen molar-refractivity contribution >= 4 is 25.3 Å². The molecule has 0 atom stereocenters. The lowest BCUT2D eigenvalue weighted by Crippen LogP contribution is -1.73. The van der Waals surface area contributed by atoms with Crippen LogP contribution in [0.25, 0.3) is 0 Å². The molecule has 5 heavy (non-hydrogen) atoms. The Balaban J connectivity index is 2.19. The van der Waals surface area contributed by atoms with Crippen molar-refractivity contribution in [2.45, 2.75) is 0 Å². The summed E-state index contributed by atoms with van der Waals surface area (Å²) in [4.78, 5) is 0. The third-order valence-electron chi connectivity index (χ3n) is 0.258. The summed E-state index contributed by atoms with van der Waals surface area (Å²) in [6.07, 6.45) is 1.98. The normalized spacial score (nSPS) is 8.40. The van der Waals surface area contributed by atoms with Gasteiger partial charge in [0.2, 0.25) is 0 Å². The van der Waals surface area contributed by atoms with Gasteiger partial charge in [0.15, 0.2) is 0 Å². The first-order valence-electron chi connectivity index (χ1n) is 1.45. The summed E-state index contributed by atoms with van der Waals surface area (Å²) in [6.45, 7) is 0. The van der Waals surface area contributed by atoms with E-state index in [4.69, 9.17) is 0 Å². The van der Waals surface area contributed by atoms with E-state index < -0.39 is 0 Å². The number of hydrogen-bond donors (Lipinski definition) is 2. The standard InChI is InChI=1S/C3H7S2/c4-2-1-3-5/h1,4-5H,2-3H2. The largest absolute Gasteiger partial charge is 0.179 e. The maximum absolute atomic E-state index is 3.90. The SMILES string of the molecule is SC[CH]CS. The third-order valence-corrected chi connectivity index (χ3v) is 0.775. The molecule has 0 heterocycles. The van der Waals surface area contributed by atoms with Crippen LogP contribution in [-0.4, -0.2) is 11.5 Å². The lowest BCUT2D eigenvalue weighted by atomic mass is 10.6. The van der Waals surface area contributed by atoms with Crippen molar-refractivity contribution < 1.29 is 0 Å². The van der Waals surface area contributed by atoms with Crippen LogP contribution in [0.4, 0.5) is 0 Å². The van der Waals surface area contributed by atoms with Gasteiger partial charge >= 0.3 is 0 Å². The monoisotopic (exact) mass is 107 g/mol. The second kappa shape index (κ2) is 4.70. The predicted octanol–water partition coefficient (Wildman–Crippen LogP) is 1.05. The van der Waals surface area contributed by atoms with Crippen molar-refractivity contribution in [2.24, 2.45) is 0 Å². The van der Waals surface area contributed by atoms with E-state index in [-0.39, 0.29) is 0 Å². The second-order valence-electron chi connectivity index (χ2n) is 0.654. The number of hydrogen-bond acceptors (Lipinski definition) is 2. The van der Waals surface area contributed by atoms with E-state index >= 15 is 0 Å². The van der Waals surface area contributed by atoms with Gasteiger partial charge in [-0.3, -0.25) is 0 Å². The Morgan fingerprint density at radius 2 is 1.60 bits per heavy atom. The van der Waals surface area contributed by atoms with Gasteiger partial charge < -0.3 is 0 Å². The van der Waals surface area contributed by atoms with Gasteiger partial charge in [-0.05, 0) is 17.9 Å². The van der Waals surface area contributed by atoms with Crippen LogP contribution in [-0.2, 0) is 0 Å². The fraction of sp³-hybridized carbons (Fsp3) is 0.667. The van der Waals surface area contributed by atoms with Gasteiger partial charge in [0.25, 0.3) is 0 Å². The van der Waals surface area contributed by atoms with E-state index in [2.05, 4.69) is 25.3 Å². The topological polar surface area (TPSA) is 0 Å². The van der Waals surface area contributed by atoms with Gasteiger partial charge in [-0.25, -0.2) is 0 Å². The molecule has 2 heteroatoms. The summed E-state index contributed by atoms with van der Waals surface area (Å²) < 4.78 is 0. The van der Waals surface area contributed by atoms with Crippen molar-refractivity contribution in [2.75, 3.05) is 11.5 Å². The molecule has 0 aliphatic heterocycles. The Labute approximate surface area is 43.8 Å². The third kappa shape index (κ3) is 4.70. The van der Waals surface area contributed by atoms with E-state index in [1.54, 1.807) is 0 Å². The van der Waals surface area contributed by atoms with Crippen LogP contribution in [0.5, 0.6) is 0 Å². The predicted molar refractivity (Wildman–Crippen MR) is 32.0 cm³/mol. The molecule has 0 spiro atoms. The fourth-order valence-corrected chi connectivity index (χ4v) is 0.520. The molecule has 1 radical (unpaired) electrons. The van der Waals surface area contributed by atoms with Crippen molar-refractivity contribution in [3.8, 4) is 0 Å². The zero-order valence-corrected chi connectivity index (χ0v) is 4.67. The molecule has 0 N–H and O–H groups in total. The maximum atomic E-state index is 3.90. The Kier molecular flexibility index (Phi) is 5.36. The molecule has 0 aliphatic rings. The Morgan fingerprint density at radius 1 is 1.20 bits per heavy atom. The van der Waals surface area contributed by atoms with Crippen LogP contribution in [0.2, 0.25) is 0 Å². The highest BCUT2D eigenvalue weighted by Gasteiger charge is 1.70. The van der Waals surface area contributed by atoms with Crippen molar-refractivity contribution in [3.05, 3.63) is 6.42 Å². The van der Waals surface area contributed by atoms with Gasteiger partial charge in [-0.15, -0.1) is 0 Å². The van der Waals surface area contributed by atoms with Gasteiger partial charge in [0.05, 0.1) is 0 Å². The summed E-state index contributed by atoms with van der Waals surface area (Å²) in [5.74, 6) is 1.67. The summed E-state index contributed by atoms with van der Waals surface area (Å²) in [5.41, 5.74) is 0. The highest BCUT2D eigenvalue weighted by atomic mass is 32.1. The highest BCUT2D eigenvalue weighted by Crippen LogP contribution is 1.81. The second-order valence-corrected chi connectivity index (χ2v) is 1.38. The lowest BCUT2D eigenvalue weighted by Gasteiger charge is -1.77. The van der Waals surface area contributed by atoms with Crippen LogP contribution >= 0.6 is 25.3 Å². The molecule has 0 saturated carbocycles. The first-order chi connectivity index (χ1) is 2.41. The summed E-state index contributed by atoms with van der Waals surface area (Å²) in [5, 5.41) is 0. The molecule has 0 saturated heterocycles. The van der Waals surface area contributed by atoms with Crippen LogP contribution < -0.4 is 0 Å². The highest BCUT2D eigenvalue weighted by molar-refractivity contribution is 7.81. The molecular formula is C3H7S2. The Bertz CT molecular complexity index is 12.4. The molecule has 0 unspecified atom stereocenters. The molecule has 0 aromatic heterocycles. The van der Waals surface area contributed by atoms with E-state index in [9.17, 15) is 0 Å². The molecule has 31 valence electrons. The van der Waals surface area contributed by atoms with Crippen LogP contribution in [0.1, 0.15) is 0 Å². The minimum absolute atomic E-state index is 0.837. The lowest BCUT2D eigenvalue weighted by molar-refractivity contribution is 1.47. The van der Waals surface area contributed by atoms with Crippen molar-refractivity contribution in [1.29, 1.82) is 0 Å². The minimum atomic E-state index is 0.837. The first kappa shape index (κ1) is 5.70. The fourth-order valence-electron chi connectivity index (χ4n) is 0.0577.